The van der Waals surface area contributed by atoms with Gasteiger partial charge in [-0.2, -0.15) is 0 Å². The van der Waals surface area contributed by atoms with Gasteiger partial charge in [0.05, 0.1) is 12.7 Å². The number of piperidine rings is 1. The lowest BCUT2D eigenvalue weighted by Crippen LogP contribution is -2.48. The molecule has 2 aliphatic heterocycles. The van der Waals surface area contributed by atoms with E-state index in [0.29, 0.717) is 12.5 Å². The van der Waals surface area contributed by atoms with Gasteiger partial charge in [-0.05, 0) is 44.9 Å². The predicted molar refractivity (Wildman–Crippen MR) is 94.1 cm³/mol. The molecule has 0 spiro atoms. The number of ether oxygens (including phenoxy) is 2. The molecular formula is C19H32N2O4. The Morgan fingerprint density at radius 1 is 1.00 bits per heavy atom. The summed E-state index contributed by atoms with van der Waals surface area (Å²) in [4.78, 5) is 26.4. The van der Waals surface area contributed by atoms with Crippen LogP contribution in [-0.2, 0) is 19.1 Å². The highest BCUT2D eigenvalue weighted by Crippen LogP contribution is 2.27. The van der Waals surface area contributed by atoms with Gasteiger partial charge in [0.1, 0.15) is 6.61 Å². The summed E-state index contributed by atoms with van der Waals surface area (Å²) in [5.41, 5.74) is 0. The van der Waals surface area contributed by atoms with Crippen LogP contribution in [0.4, 0.5) is 0 Å². The average molecular weight is 352 g/mol. The van der Waals surface area contributed by atoms with Gasteiger partial charge in [0.15, 0.2) is 0 Å². The van der Waals surface area contributed by atoms with E-state index in [2.05, 4.69) is 5.32 Å². The molecule has 2 heterocycles. The highest BCUT2D eigenvalue weighted by Gasteiger charge is 2.30. The van der Waals surface area contributed by atoms with Crippen molar-refractivity contribution in [1.82, 2.24) is 10.2 Å². The number of hydrogen-bond donors (Lipinski definition) is 1. The van der Waals surface area contributed by atoms with Gasteiger partial charge in [-0.25, -0.2) is 0 Å². The molecule has 0 bridgehead atoms. The Hall–Kier alpha value is -1.14. The number of carbonyl (C=O) groups is 2. The van der Waals surface area contributed by atoms with Crippen LogP contribution < -0.4 is 5.32 Å². The highest BCUT2D eigenvalue weighted by molar-refractivity contribution is 5.79. The van der Waals surface area contributed by atoms with Gasteiger partial charge in [-0.15, -0.1) is 0 Å². The van der Waals surface area contributed by atoms with E-state index in [0.717, 1.165) is 58.2 Å². The van der Waals surface area contributed by atoms with E-state index in [1.165, 1.54) is 19.3 Å². The second-order valence-electron chi connectivity index (χ2n) is 7.65. The molecule has 1 aliphatic carbocycles. The third-order valence-corrected chi connectivity index (χ3v) is 5.69. The molecule has 25 heavy (non-hydrogen) atoms. The maximum atomic E-state index is 12.4. The molecule has 0 aromatic heterocycles. The first-order chi connectivity index (χ1) is 12.2. The van der Waals surface area contributed by atoms with E-state index in [1.807, 2.05) is 4.90 Å². The maximum Gasteiger partial charge on any atom is 0.246 e. The van der Waals surface area contributed by atoms with Gasteiger partial charge < -0.3 is 19.7 Å². The van der Waals surface area contributed by atoms with Crippen molar-refractivity contribution in [2.24, 2.45) is 5.92 Å². The largest absolute Gasteiger partial charge is 0.376 e. The van der Waals surface area contributed by atoms with Crippen molar-refractivity contribution in [2.75, 3.05) is 32.9 Å². The summed E-state index contributed by atoms with van der Waals surface area (Å²) in [7, 11) is 0. The molecule has 3 rings (SSSR count). The van der Waals surface area contributed by atoms with E-state index >= 15 is 0 Å². The molecule has 1 unspecified atom stereocenters. The Bertz CT molecular complexity index is 437. The lowest BCUT2D eigenvalue weighted by molar-refractivity contribution is -0.136. The fourth-order valence-electron chi connectivity index (χ4n) is 4.17. The third-order valence-electron chi connectivity index (χ3n) is 5.69. The fraction of sp³-hybridized carbons (Fsp3) is 0.895. The van der Waals surface area contributed by atoms with E-state index in [1.54, 1.807) is 0 Å². The molecule has 3 fully saturated rings. The Morgan fingerprint density at radius 2 is 1.72 bits per heavy atom. The Morgan fingerprint density at radius 3 is 2.40 bits per heavy atom. The molecule has 6 nitrogen and oxygen atoms in total. The van der Waals surface area contributed by atoms with Crippen molar-refractivity contribution in [3.8, 4) is 0 Å². The zero-order valence-electron chi connectivity index (χ0n) is 15.2. The summed E-state index contributed by atoms with van der Waals surface area (Å²) in [5, 5.41) is 3.04. The number of carbonyl (C=O) groups excluding carboxylic acids is 2. The summed E-state index contributed by atoms with van der Waals surface area (Å²) in [6, 6.07) is 0.162. The van der Waals surface area contributed by atoms with Gasteiger partial charge in [-0.3, -0.25) is 9.59 Å². The van der Waals surface area contributed by atoms with E-state index in [4.69, 9.17) is 9.47 Å². The van der Waals surface area contributed by atoms with Crippen LogP contribution in [0.15, 0.2) is 0 Å². The highest BCUT2D eigenvalue weighted by atomic mass is 16.5. The topological polar surface area (TPSA) is 67.9 Å². The van der Waals surface area contributed by atoms with Crippen molar-refractivity contribution in [2.45, 2.75) is 69.9 Å². The minimum atomic E-state index is -0.0589. The predicted octanol–water partition coefficient (Wildman–Crippen LogP) is 1.87. The van der Waals surface area contributed by atoms with Gasteiger partial charge >= 0.3 is 0 Å². The molecule has 6 heteroatoms. The van der Waals surface area contributed by atoms with E-state index in [-0.39, 0.29) is 30.6 Å². The summed E-state index contributed by atoms with van der Waals surface area (Å²) in [6.45, 7) is 2.93. The molecule has 142 valence electrons. The summed E-state index contributed by atoms with van der Waals surface area (Å²) in [6.07, 6.45) is 9.64. The first-order valence-electron chi connectivity index (χ1n) is 10.00. The number of amides is 2. The Kier molecular flexibility index (Phi) is 7.11. The molecule has 1 atom stereocenters. The van der Waals surface area contributed by atoms with Crippen LogP contribution in [0.5, 0.6) is 0 Å². The van der Waals surface area contributed by atoms with Crippen LogP contribution in [0.3, 0.4) is 0 Å². The average Bonchev–Trinajstić information content (AvgIpc) is 3.17. The Labute approximate surface area is 150 Å². The lowest BCUT2D eigenvalue weighted by Gasteiger charge is -2.34. The standard InChI is InChI=1S/C19H32N2O4/c22-18(14-24-13-17-7-3-4-12-25-17)20-16-8-10-21(11-9-16)19(23)15-5-1-2-6-15/h15-17H,1-14H2,(H,20,22). The number of nitrogens with one attached hydrogen (secondary N) is 1. The van der Waals surface area contributed by atoms with Gasteiger partial charge in [0.25, 0.3) is 0 Å². The summed E-state index contributed by atoms with van der Waals surface area (Å²) < 4.78 is 11.1. The second kappa shape index (κ2) is 9.53. The SMILES string of the molecule is O=C(COCC1CCCCO1)NC1CCN(C(=O)C2CCCC2)CC1. The molecule has 0 aromatic carbocycles. The second-order valence-corrected chi connectivity index (χ2v) is 7.65. The smallest absolute Gasteiger partial charge is 0.246 e. The van der Waals surface area contributed by atoms with Crippen molar-refractivity contribution in [3.05, 3.63) is 0 Å². The van der Waals surface area contributed by atoms with Gasteiger partial charge in [-0.1, -0.05) is 12.8 Å². The quantitative estimate of drug-likeness (QED) is 0.792. The van der Waals surface area contributed by atoms with Gasteiger partial charge in [0.2, 0.25) is 11.8 Å². The maximum absolute atomic E-state index is 12.4. The zero-order chi connectivity index (χ0) is 17.5. The number of nitrogens with zero attached hydrogens (tertiary/aromatic N) is 1. The van der Waals surface area contributed by atoms with Crippen LogP contribution in [0.1, 0.15) is 57.8 Å². The van der Waals surface area contributed by atoms with Crippen molar-refractivity contribution >= 4 is 11.8 Å². The van der Waals surface area contributed by atoms with Crippen molar-refractivity contribution in [3.63, 3.8) is 0 Å². The molecule has 3 aliphatic rings. The molecule has 1 N–H and O–H groups in total. The van der Waals surface area contributed by atoms with E-state index in [9.17, 15) is 9.59 Å². The normalized spacial score (nSPS) is 25.9. The molecule has 0 aromatic rings. The number of hydrogen-bond acceptors (Lipinski definition) is 4. The third kappa shape index (κ3) is 5.68. The zero-order valence-corrected chi connectivity index (χ0v) is 15.2. The van der Waals surface area contributed by atoms with Gasteiger partial charge in [0, 0.05) is 31.7 Å². The molecule has 0 radical (unpaired) electrons. The number of likely N-dealkylation sites (tertiary alicyclic amines) is 1. The van der Waals surface area contributed by atoms with Crippen LogP contribution in [0, 0.1) is 5.92 Å². The van der Waals surface area contributed by atoms with Crippen LogP contribution in [-0.4, -0.2) is 61.8 Å². The lowest BCUT2D eigenvalue weighted by atomic mass is 10.0. The number of rotatable bonds is 6. The van der Waals surface area contributed by atoms with Crippen LogP contribution in [0.2, 0.25) is 0 Å². The molecular weight excluding hydrogens is 320 g/mol. The van der Waals surface area contributed by atoms with Crippen molar-refractivity contribution in [1.29, 1.82) is 0 Å². The van der Waals surface area contributed by atoms with Crippen LogP contribution >= 0.6 is 0 Å². The van der Waals surface area contributed by atoms with E-state index < -0.39 is 0 Å². The summed E-state index contributed by atoms with van der Waals surface area (Å²) >= 11 is 0. The monoisotopic (exact) mass is 352 g/mol. The first kappa shape index (κ1) is 18.6. The minimum absolute atomic E-state index is 0.0589. The Balaban J connectivity index is 1.28. The summed E-state index contributed by atoms with van der Waals surface area (Å²) in [5.74, 6) is 0.524. The molecule has 2 amide bonds. The molecule has 1 saturated carbocycles. The first-order valence-corrected chi connectivity index (χ1v) is 10.00. The van der Waals surface area contributed by atoms with Crippen LogP contribution in [0.25, 0.3) is 0 Å². The van der Waals surface area contributed by atoms with Crippen molar-refractivity contribution < 1.29 is 19.1 Å². The fourth-order valence-corrected chi connectivity index (χ4v) is 4.17. The molecule has 2 saturated heterocycles. The minimum Gasteiger partial charge on any atom is -0.376 e.